The quantitative estimate of drug-likeness (QED) is 0.775. The summed E-state index contributed by atoms with van der Waals surface area (Å²) in [7, 11) is 0. The largest absolute Gasteiger partial charge is 0.476 e. The van der Waals surface area contributed by atoms with E-state index in [4.69, 9.17) is 5.11 Å². The average Bonchev–Trinajstić information content (AvgIpc) is 2.95. The van der Waals surface area contributed by atoms with Crippen LogP contribution < -0.4 is 0 Å². The second-order valence-electron chi connectivity index (χ2n) is 4.64. The maximum atomic E-state index is 10.9. The molecule has 0 aliphatic heterocycles. The Morgan fingerprint density at radius 1 is 1.40 bits per heavy atom. The van der Waals surface area contributed by atoms with Gasteiger partial charge in [0.2, 0.25) is 0 Å². The maximum Gasteiger partial charge on any atom is 0.358 e. The molecule has 3 aromatic rings. The molecule has 0 saturated carbocycles. The summed E-state index contributed by atoms with van der Waals surface area (Å²) < 4.78 is 3.48. The monoisotopic (exact) mass is 271 g/mol. The lowest BCUT2D eigenvalue weighted by Gasteiger charge is -1.99. The van der Waals surface area contributed by atoms with Crippen molar-refractivity contribution in [1.29, 1.82) is 0 Å². The molecule has 0 radical (unpaired) electrons. The van der Waals surface area contributed by atoms with Crippen LogP contribution in [0, 0.1) is 13.8 Å². The lowest BCUT2D eigenvalue weighted by Crippen LogP contribution is -2.06. The smallest absolute Gasteiger partial charge is 0.358 e. The molecule has 3 aromatic heterocycles. The highest BCUT2D eigenvalue weighted by Gasteiger charge is 2.16. The number of carboxylic acids is 1. The lowest BCUT2D eigenvalue weighted by molar-refractivity contribution is 0.0689. The van der Waals surface area contributed by atoms with Gasteiger partial charge in [0, 0.05) is 12.4 Å². The van der Waals surface area contributed by atoms with Crippen LogP contribution in [0.25, 0.3) is 5.65 Å². The van der Waals surface area contributed by atoms with Crippen LogP contribution in [0.1, 0.15) is 27.4 Å². The number of pyridine rings is 1. The molecular weight excluding hydrogens is 258 g/mol. The minimum absolute atomic E-state index is 0.0232. The van der Waals surface area contributed by atoms with Crippen LogP contribution >= 0.6 is 0 Å². The van der Waals surface area contributed by atoms with Crippen LogP contribution in [0.2, 0.25) is 0 Å². The van der Waals surface area contributed by atoms with Gasteiger partial charge in [0.15, 0.2) is 5.69 Å². The standard InChI is InChI=1S/C13H13N5O2/c1-8-4-3-5-17-6-10(14-12(8)17)7-18-9(2)11(13(19)20)15-16-18/h3-6H,7H2,1-2H3,(H,19,20). The summed E-state index contributed by atoms with van der Waals surface area (Å²) in [4.78, 5) is 15.5. The van der Waals surface area contributed by atoms with E-state index in [1.807, 2.05) is 35.9 Å². The lowest BCUT2D eigenvalue weighted by atomic mass is 10.3. The van der Waals surface area contributed by atoms with Crippen molar-refractivity contribution in [3.8, 4) is 0 Å². The fourth-order valence-electron chi connectivity index (χ4n) is 2.14. The Hall–Kier alpha value is -2.70. The number of aromatic nitrogens is 5. The van der Waals surface area contributed by atoms with E-state index < -0.39 is 5.97 Å². The number of nitrogens with zero attached hydrogens (tertiary/aromatic N) is 5. The van der Waals surface area contributed by atoms with Crippen molar-refractivity contribution in [3.63, 3.8) is 0 Å². The van der Waals surface area contributed by atoms with Crippen molar-refractivity contribution in [2.45, 2.75) is 20.4 Å². The molecule has 3 rings (SSSR count). The SMILES string of the molecule is Cc1cccn2cc(Cn3nnc(C(=O)O)c3C)nc12. The molecule has 0 fully saturated rings. The van der Waals surface area contributed by atoms with Crippen molar-refractivity contribution in [1.82, 2.24) is 24.4 Å². The van der Waals surface area contributed by atoms with E-state index in [0.717, 1.165) is 16.9 Å². The van der Waals surface area contributed by atoms with Gasteiger partial charge < -0.3 is 9.51 Å². The minimum Gasteiger partial charge on any atom is -0.476 e. The Morgan fingerprint density at radius 2 is 2.20 bits per heavy atom. The number of aryl methyl sites for hydroxylation is 1. The summed E-state index contributed by atoms with van der Waals surface area (Å²) in [6.45, 7) is 4.08. The van der Waals surface area contributed by atoms with E-state index in [1.54, 1.807) is 11.6 Å². The number of hydrogen-bond donors (Lipinski definition) is 1. The highest BCUT2D eigenvalue weighted by atomic mass is 16.4. The summed E-state index contributed by atoms with van der Waals surface area (Å²) in [6.07, 6.45) is 3.83. The molecule has 20 heavy (non-hydrogen) atoms. The third-order valence-corrected chi connectivity index (χ3v) is 3.22. The molecule has 1 N–H and O–H groups in total. The van der Waals surface area contributed by atoms with E-state index in [2.05, 4.69) is 15.3 Å². The first-order valence-electron chi connectivity index (χ1n) is 6.13. The highest BCUT2D eigenvalue weighted by Crippen LogP contribution is 2.12. The molecule has 0 spiro atoms. The van der Waals surface area contributed by atoms with Crippen LogP contribution in [-0.2, 0) is 6.54 Å². The molecule has 0 atom stereocenters. The maximum absolute atomic E-state index is 10.9. The Morgan fingerprint density at radius 3 is 2.85 bits per heavy atom. The molecule has 102 valence electrons. The van der Waals surface area contributed by atoms with Gasteiger partial charge in [-0.05, 0) is 25.5 Å². The first kappa shape index (κ1) is 12.3. The molecule has 0 saturated heterocycles. The normalized spacial score (nSPS) is 11.1. The van der Waals surface area contributed by atoms with Crippen molar-refractivity contribution >= 4 is 11.6 Å². The molecule has 7 nitrogen and oxygen atoms in total. The second-order valence-corrected chi connectivity index (χ2v) is 4.64. The molecule has 0 aliphatic carbocycles. The minimum atomic E-state index is -1.07. The van der Waals surface area contributed by atoms with Gasteiger partial charge >= 0.3 is 5.97 Å². The van der Waals surface area contributed by atoms with Crippen molar-refractivity contribution < 1.29 is 9.90 Å². The van der Waals surface area contributed by atoms with E-state index in [0.29, 0.717) is 12.2 Å². The zero-order chi connectivity index (χ0) is 14.3. The molecule has 7 heteroatoms. The topological polar surface area (TPSA) is 85.3 Å². The number of carbonyl (C=O) groups is 1. The first-order valence-corrected chi connectivity index (χ1v) is 6.13. The zero-order valence-electron chi connectivity index (χ0n) is 11.1. The van der Waals surface area contributed by atoms with Crippen molar-refractivity contribution in [2.75, 3.05) is 0 Å². The van der Waals surface area contributed by atoms with Gasteiger partial charge in [-0.15, -0.1) is 5.10 Å². The number of rotatable bonds is 3. The van der Waals surface area contributed by atoms with E-state index in [9.17, 15) is 4.79 Å². The molecule has 3 heterocycles. The predicted octanol–water partition coefficient (Wildman–Crippen LogP) is 1.29. The van der Waals surface area contributed by atoms with Crippen molar-refractivity contribution in [2.24, 2.45) is 0 Å². The Kier molecular flexibility index (Phi) is 2.74. The third-order valence-electron chi connectivity index (χ3n) is 3.22. The molecule has 0 amide bonds. The number of imidazole rings is 1. The molecule has 0 aliphatic rings. The van der Waals surface area contributed by atoms with E-state index in [1.165, 1.54) is 0 Å². The van der Waals surface area contributed by atoms with Gasteiger partial charge in [0.05, 0.1) is 17.9 Å². The summed E-state index contributed by atoms with van der Waals surface area (Å²) in [5, 5.41) is 16.5. The second kappa shape index (κ2) is 4.44. The van der Waals surface area contributed by atoms with Crippen LogP contribution in [0.5, 0.6) is 0 Å². The summed E-state index contributed by atoms with van der Waals surface area (Å²) >= 11 is 0. The fraction of sp³-hybridized carbons (Fsp3) is 0.231. The molecule has 0 unspecified atom stereocenters. The van der Waals surface area contributed by atoms with Crippen LogP contribution in [-0.4, -0.2) is 35.5 Å². The number of fused-ring (bicyclic) bond motifs is 1. The van der Waals surface area contributed by atoms with Gasteiger partial charge in [-0.25, -0.2) is 14.5 Å². The molecule has 0 bridgehead atoms. The highest BCUT2D eigenvalue weighted by molar-refractivity contribution is 5.86. The van der Waals surface area contributed by atoms with E-state index >= 15 is 0 Å². The Balaban J connectivity index is 1.97. The summed E-state index contributed by atoms with van der Waals surface area (Å²) in [5.74, 6) is -1.07. The first-order chi connectivity index (χ1) is 9.56. The molecular formula is C13H13N5O2. The Bertz CT molecular complexity index is 802. The predicted molar refractivity (Wildman–Crippen MR) is 70.7 cm³/mol. The van der Waals surface area contributed by atoms with Crippen LogP contribution in [0.4, 0.5) is 0 Å². The average molecular weight is 271 g/mol. The number of aromatic carboxylic acids is 1. The number of hydrogen-bond acceptors (Lipinski definition) is 4. The number of carboxylic acid groups (broad SMARTS) is 1. The molecule has 0 aromatic carbocycles. The van der Waals surface area contributed by atoms with Crippen molar-refractivity contribution in [3.05, 3.63) is 47.2 Å². The summed E-state index contributed by atoms with van der Waals surface area (Å²) in [5.41, 5.74) is 3.28. The van der Waals surface area contributed by atoms with Crippen LogP contribution in [0.15, 0.2) is 24.5 Å². The van der Waals surface area contributed by atoms with Gasteiger partial charge in [0.1, 0.15) is 5.65 Å². The Labute approximate surface area is 114 Å². The third kappa shape index (κ3) is 1.93. The summed E-state index contributed by atoms with van der Waals surface area (Å²) in [6, 6.07) is 3.95. The van der Waals surface area contributed by atoms with Gasteiger partial charge in [-0.3, -0.25) is 0 Å². The van der Waals surface area contributed by atoms with E-state index in [-0.39, 0.29) is 5.69 Å². The van der Waals surface area contributed by atoms with Gasteiger partial charge in [-0.2, -0.15) is 0 Å². The zero-order valence-corrected chi connectivity index (χ0v) is 11.1. The van der Waals surface area contributed by atoms with Gasteiger partial charge in [-0.1, -0.05) is 11.3 Å². The van der Waals surface area contributed by atoms with Crippen LogP contribution in [0.3, 0.4) is 0 Å². The van der Waals surface area contributed by atoms with Gasteiger partial charge in [0.25, 0.3) is 0 Å². The fourth-order valence-corrected chi connectivity index (χ4v) is 2.14.